The predicted molar refractivity (Wildman–Crippen MR) is 109 cm³/mol. The van der Waals surface area contributed by atoms with Gasteiger partial charge >= 0.3 is 0 Å². The van der Waals surface area contributed by atoms with Crippen LogP contribution in [0, 0.1) is 5.82 Å². The van der Waals surface area contributed by atoms with Gasteiger partial charge in [0.25, 0.3) is 5.91 Å². The number of nitrogens with two attached hydrogens (primary N) is 1. The second kappa shape index (κ2) is 7.43. The molecule has 0 radical (unpaired) electrons. The van der Waals surface area contributed by atoms with Gasteiger partial charge in [0, 0.05) is 18.3 Å². The molecule has 1 aliphatic heterocycles. The molecule has 3 rings (SSSR count). The third-order valence-corrected chi connectivity index (χ3v) is 5.28. The number of hydrogen-bond acceptors (Lipinski definition) is 5. The Morgan fingerprint density at radius 2 is 1.93 bits per heavy atom. The first kappa shape index (κ1) is 20.1. The van der Waals surface area contributed by atoms with E-state index in [4.69, 9.17) is 29.0 Å². The van der Waals surface area contributed by atoms with Crippen LogP contribution in [0.25, 0.3) is 0 Å². The van der Waals surface area contributed by atoms with Crippen molar-refractivity contribution in [3.8, 4) is 0 Å². The van der Waals surface area contributed by atoms with E-state index in [2.05, 4.69) is 15.8 Å². The topological polar surface area (TPSA) is 117 Å². The van der Waals surface area contributed by atoms with E-state index in [0.29, 0.717) is 11.4 Å². The number of hydrogen-bond donors (Lipinski definition) is 3. The van der Waals surface area contributed by atoms with Crippen molar-refractivity contribution in [1.29, 1.82) is 0 Å². The first-order valence-corrected chi connectivity index (χ1v) is 9.96. The van der Waals surface area contributed by atoms with E-state index in [1.165, 1.54) is 42.3 Å². The second-order valence-corrected chi connectivity index (χ2v) is 8.12. The molecular formula is C16H13ClFN5O3S2. The molecule has 0 aromatic heterocycles. The minimum absolute atomic E-state index is 0.0261. The molecule has 146 valence electrons. The summed E-state index contributed by atoms with van der Waals surface area (Å²) in [7, 11) is -2.28. The highest BCUT2D eigenvalue weighted by Gasteiger charge is 2.33. The molecule has 1 aliphatic rings. The van der Waals surface area contributed by atoms with Gasteiger partial charge in [0.15, 0.2) is 10.8 Å². The average molecular weight is 442 g/mol. The lowest BCUT2D eigenvalue weighted by molar-refractivity contribution is -0.111. The number of thiocarbonyl (C=S) groups is 1. The van der Waals surface area contributed by atoms with Gasteiger partial charge in [0.1, 0.15) is 5.82 Å². The first-order chi connectivity index (χ1) is 13.1. The third kappa shape index (κ3) is 3.97. The number of primary sulfonamides is 1. The molecule has 4 N–H and O–H groups in total. The lowest BCUT2D eigenvalue weighted by Gasteiger charge is -2.09. The summed E-state index contributed by atoms with van der Waals surface area (Å²) in [4.78, 5) is 13.6. The van der Waals surface area contributed by atoms with Crippen LogP contribution in [0.15, 0.2) is 46.4 Å². The van der Waals surface area contributed by atoms with Crippen molar-refractivity contribution in [1.82, 2.24) is 5.43 Å². The summed E-state index contributed by atoms with van der Waals surface area (Å²) in [5, 5.41) is 11.7. The summed E-state index contributed by atoms with van der Waals surface area (Å²) in [6.45, 7) is 0. The van der Waals surface area contributed by atoms with Crippen molar-refractivity contribution in [3.05, 3.63) is 52.8 Å². The molecule has 2 aromatic rings. The lowest BCUT2D eigenvalue weighted by atomic mass is 10.1. The predicted octanol–water partition coefficient (Wildman–Crippen LogP) is 1.79. The van der Waals surface area contributed by atoms with Gasteiger partial charge in [-0.25, -0.2) is 17.9 Å². The average Bonchev–Trinajstić information content (AvgIpc) is 2.84. The maximum atomic E-state index is 13.8. The fourth-order valence-corrected chi connectivity index (χ4v) is 3.33. The number of likely N-dealkylation sites (N-methyl/N-ethyl adjacent to an activating group) is 1. The number of fused-ring (bicyclic) bond motifs is 1. The Hall–Kier alpha value is -2.60. The molecule has 0 saturated heterocycles. The van der Waals surface area contributed by atoms with Crippen molar-refractivity contribution >= 4 is 61.9 Å². The van der Waals surface area contributed by atoms with Crippen molar-refractivity contribution in [2.75, 3.05) is 17.3 Å². The number of halogens is 2. The number of nitrogens with zero attached hydrogens (tertiary/aromatic N) is 2. The zero-order valence-electron chi connectivity index (χ0n) is 14.2. The summed E-state index contributed by atoms with van der Waals surface area (Å²) >= 11 is 10.9. The second-order valence-electron chi connectivity index (χ2n) is 5.74. The van der Waals surface area contributed by atoms with Gasteiger partial charge in [-0.2, -0.15) is 5.10 Å². The number of benzene rings is 2. The van der Waals surface area contributed by atoms with Gasteiger partial charge in [-0.1, -0.05) is 11.6 Å². The number of nitrogens with one attached hydrogen (secondary N) is 2. The third-order valence-electron chi connectivity index (χ3n) is 3.87. The first-order valence-electron chi connectivity index (χ1n) is 7.63. The number of carbonyl (C=O) groups is 1. The van der Waals surface area contributed by atoms with Crippen LogP contribution in [0.3, 0.4) is 0 Å². The van der Waals surface area contributed by atoms with Crippen LogP contribution in [0.5, 0.6) is 0 Å². The Morgan fingerprint density at radius 1 is 1.29 bits per heavy atom. The molecule has 2 aromatic carbocycles. The zero-order chi connectivity index (χ0) is 20.6. The van der Waals surface area contributed by atoms with E-state index in [0.717, 1.165) is 6.07 Å². The van der Waals surface area contributed by atoms with Gasteiger partial charge in [0.05, 0.1) is 15.6 Å². The van der Waals surface area contributed by atoms with Crippen LogP contribution >= 0.6 is 23.8 Å². The number of anilines is 2. The summed E-state index contributed by atoms with van der Waals surface area (Å²) in [5.41, 5.74) is 3.66. The fraction of sp³-hybridized carbons (Fsp3) is 0.0625. The number of sulfonamides is 1. The highest BCUT2D eigenvalue weighted by atomic mass is 35.5. The SMILES string of the molecule is CN1C(=O)C(=NNC(=S)Nc2ccc(S(N)(=O)=O)cc2)c2cc(F)c(Cl)cc21. The van der Waals surface area contributed by atoms with Crippen LogP contribution in [0.4, 0.5) is 15.8 Å². The van der Waals surface area contributed by atoms with Gasteiger partial charge in [-0.15, -0.1) is 0 Å². The lowest BCUT2D eigenvalue weighted by Crippen LogP contribution is -2.30. The van der Waals surface area contributed by atoms with Gasteiger partial charge in [-0.3, -0.25) is 10.2 Å². The van der Waals surface area contributed by atoms with Crippen LogP contribution in [0.2, 0.25) is 5.02 Å². The van der Waals surface area contributed by atoms with Gasteiger partial charge in [0.2, 0.25) is 10.0 Å². The number of carbonyl (C=O) groups excluding carboxylic acids is 1. The molecule has 1 heterocycles. The summed E-state index contributed by atoms with van der Waals surface area (Å²) in [5.74, 6) is -1.13. The summed E-state index contributed by atoms with van der Waals surface area (Å²) in [6, 6.07) is 8.01. The zero-order valence-corrected chi connectivity index (χ0v) is 16.6. The minimum atomic E-state index is -3.80. The molecule has 0 spiro atoms. The van der Waals surface area contributed by atoms with Crippen LogP contribution in [-0.4, -0.2) is 32.2 Å². The molecular weight excluding hydrogens is 429 g/mol. The van der Waals surface area contributed by atoms with E-state index in [9.17, 15) is 17.6 Å². The van der Waals surface area contributed by atoms with Gasteiger partial charge < -0.3 is 10.2 Å². The molecule has 0 fully saturated rings. The Bertz CT molecular complexity index is 1120. The highest BCUT2D eigenvalue weighted by molar-refractivity contribution is 7.89. The minimum Gasteiger partial charge on any atom is -0.331 e. The molecule has 0 aliphatic carbocycles. The number of rotatable bonds is 3. The van der Waals surface area contributed by atoms with E-state index >= 15 is 0 Å². The van der Waals surface area contributed by atoms with Crippen LogP contribution in [0.1, 0.15) is 5.56 Å². The number of hydrazone groups is 1. The molecule has 0 bridgehead atoms. The van der Waals surface area contributed by atoms with Crippen molar-refractivity contribution < 1.29 is 17.6 Å². The molecule has 0 unspecified atom stereocenters. The van der Waals surface area contributed by atoms with E-state index < -0.39 is 21.7 Å². The van der Waals surface area contributed by atoms with Crippen molar-refractivity contribution in [3.63, 3.8) is 0 Å². The van der Waals surface area contributed by atoms with Gasteiger partial charge in [-0.05, 0) is 48.6 Å². The summed E-state index contributed by atoms with van der Waals surface area (Å²) in [6.07, 6.45) is 0. The smallest absolute Gasteiger partial charge is 0.279 e. The maximum absolute atomic E-state index is 13.8. The number of amides is 1. The van der Waals surface area contributed by atoms with Crippen LogP contribution in [-0.2, 0) is 14.8 Å². The molecule has 8 nitrogen and oxygen atoms in total. The maximum Gasteiger partial charge on any atom is 0.279 e. The molecule has 28 heavy (non-hydrogen) atoms. The van der Waals surface area contributed by atoms with E-state index in [-0.39, 0.29) is 26.3 Å². The Balaban J connectivity index is 1.76. The Morgan fingerprint density at radius 3 is 2.54 bits per heavy atom. The Kier molecular flexibility index (Phi) is 5.35. The Labute approximate surface area is 170 Å². The van der Waals surface area contributed by atoms with E-state index in [1.54, 1.807) is 0 Å². The fourth-order valence-electron chi connectivity index (χ4n) is 2.49. The van der Waals surface area contributed by atoms with Crippen molar-refractivity contribution in [2.24, 2.45) is 10.2 Å². The largest absolute Gasteiger partial charge is 0.331 e. The molecule has 1 amide bonds. The quantitative estimate of drug-likeness (QED) is 0.494. The molecule has 0 saturated carbocycles. The normalized spacial score (nSPS) is 14.9. The highest BCUT2D eigenvalue weighted by Crippen LogP contribution is 2.32. The van der Waals surface area contributed by atoms with Crippen LogP contribution < -0.4 is 20.8 Å². The standard InChI is InChI=1S/C16H13ClFN5O3S2/c1-23-13-7-11(17)12(18)6-10(13)14(15(23)24)21-22-16(27)20-8-2-4-9(5-3-8)28(19,25)26/h2-7H,1H3,(H2,19,25,26)(H2,20,22,27). The molecule has 0 atom stereocenters. The summed E-state index contributed by atoms with van der Waals surface area (Å²) < 4.78 is 36.3. The van der Waals surface area contributed by atoms with Crippen molar-refractivity contribution in [2.45, 2.75) is 4.90 Å². The molecule has 12 heteroatoms. The van der Waals surface area contributed by atoms with E-state index in [1.807, 2.05) is 0 Å². The monoisotopic (exact) mass is 441 g/mol.